The van der Waals surface area contributed by atoms with Crippen LogP contribution in [0.5, 0.6) is 0 Å². The zero-order valence-electron chi connectivity index (χ0n) is 10.4. The molecule has 0 aliphatic heterocycles. The van der Waals surface area contributed by atoms with Gasteiger partial charge in [0.1, 0.15) is 11.6 Å². The summed E-state index contributed by atoms with van der Waals surface area (Å²) in [5.41, 5.74) is 6.96. The van der Waals surface area contributed by atoms with Crippen LogP contribution in [-0.2, 0) is 6.42 Å². The van der Waals surface area contributed by atoms with E-state index in [1.54, 1.807) is 0 Å². The summed E-state index contributed by atoms with van der Waals surface area (Å²) in [5.74, 6) is 1.41. The molecule has 2 N–H and O–H groups in total. The average molecular weight is 237 g/mol. The Kier molecular flexibility index (Phi) is 2.59. The minimum atomic E-state index is 0.578. The Morgan fingerprint density at radius 3 is 2.50 bits per heavy atom. The summed E-state index contributed by atoms with van der Waals surface area (Å²) in [6.07, 6.45) is 1.89. The Balaban J connectivity index is 2.32. The van der Waals surface area contributed by atoms with E-state index in [1.165, 1.54) is 10.8 Å². The maximum Gasteiger partial charge on any atom is 0.135 e. The number of hydrogen-bond donors (Lipinski definition) is 1. The van der Waals surface area contributed by atoms with Gasteiger partial charge in [0.2, 0.25) is 0 Å². The van der Waals surface area contributed by atoms with Crippen LogP contribution in [0.4, 0.5) is 5.82 Å². The topological polar surface area (TPSA) is 51.8 Å². The zero-order chi connectivity index (χ0) is 12.5. The highest BCUT2D eigenvalue weighted by molar-refractivity contribution is 6.00. The van der Waals surface area contributed by atoms with Gasteiger partial charge in [0, 0.05) is 11.8 Å². The molecule has 18 heavy (non-hydrogen) atoms. The van der Waals surface area contributed by atoms with Gasteiger partial charge in [-0.3, -0.25) is 0 Å². The van der Waals surface area contributed by atoms with Crippen molar-refractivity contribution in [3.05, 3.63) is 42.2 Å². The number of nitrogens with two attached hydrogens (primary N) is 1. The maximum atomic E-state index is 6.03. The maximum absolute atomic E-state index is 6.03. The van der Waals surface area contributed by atoms with Crippen molar-refractivity contribution in [2.45, 2.75) is 19.8 Å². The Labute approximate surface area is 106 Å². The van der Waals surface area contributed by atoms with Gasteiger partial charge in [-0.15, -0.1) is 0 Å². The normalized spacial score (nSPS) is 11.2. The number of fused-ring (bicyclic) bond motifs is 2. The van der Waals surface area contributed by atoms with Gasteiger partial charge < -0.3 is 5.73 Å². The lowest BCUT2D eigenvalue weighted by Crippen LogP contribution is -2.00. The molecule has 0 fully saturated rings. The minimum Gasteiger partial charge on any atom is -0.383 e. The summed E-state index contributed by atoms with van der Waals surface area (Å²) in [6.45, 7) is 2.12. The van der Waals surface area contributed by atoms with Gasteiger partial charge in [-0.2, -0.15) is 0 Å². The number of hydrogen-bond acceptors (Lipinski definition) is 3. The summed E-state index contributed by atoms with van der Waals surface area (Å²) in [7, 11) is 0. The molecule has 90 valence electrons. The lowest BCUT2D eigenvalue weighted by molar-refractivity contribution is 0.847. The van der Waals surface area contributed by atoms with E-state index in [0.717, 1.165) is 29.6 Å². The van der Waals surface area contributed by atoms with Crippen molar-refractivity contribution in [2.24, 2.45) is 0 Å². The first-order valence-corrected chi connectivity index (χ1v) is 6.23. The Morgan fingerprint density at radius 1 is 1.06 bits per heavy atom. The van der Waals surface area contributed by atoms with Gasteiger partial charge in [0.15, 0.2) is 0 Å². The minimum absolute atomic E-state index is 0.578. The van der Waals surface area contributed by atoms with Gasteiger partial charge >= 0.3 is 0 Å². The number of anilines is 1. The predicted octanol–water partition coefficient (Wildman–Crippen LogP) is 3.32. The molecule has 1 aromatic heterocycles. The molecule has 0 atom stereocenters. The Bertz CT molecular complexity index is 719. The van der Waals surface area contributed by atoms with E-state index >= 15 is 0 Å². The SMILES string of the molecule is CCCc1nc(N)c2cc3ccccc3cc2n1. The fraction of sp³-hybridized carbons (Fsp3) is 0.200. The first-order chi connectivity index (χ1) is 8.78. The Hall–Kier alpha value is -2.16. The average Bonchev–Trinajstić information content (AvgIpc) is 2.37. The molecule has 0 amide bonds. The van der Waals surface area contributed by atoms with Crippen molar-refractivity contribution in [3.8, 4) is 0 Å². The van der Waals surface area contributed by atoms with E-state index in [-0.39, 0.29) is 0 Å². The predicted molar refractivity (Wildman–Crippen MR) is 75.5 cm³/mol. The molecule has 3 rings (SSSR count). The van der Waals surface area contributed by atoms with Gasteiger partial charge in [-0.25, -0.2) is 9.97 Å². The lowest BCUT2D eigenvalue weighted by Gasteiger charge is -2.06. The summed E-state index contributed by atoms with van der Waals surface area (Å²) < 4.78 is 0. The number of benzene rings is 2. The number of rotatable bonds is 2. The molecule has 0 saturated heterocycles. The van der Waals surface area contributed by atoms with Crippen molar-refractivity contribution in [1.82, 2.24) is 9.97 Å². The molecule has 2 aromatic carbocycles. The van der Waals surface area contributed by atoms with Crippen LogP contribution in [0.2, 0.25) is 0 Å². The van der Waals surface area contributed by atoms with Crippen LogP contribution in [0.25, 0.3) is 21.7 Å². The third-order valence-electron chi connectivity index (χ3n) is 3.11. The van der Waals surface area contributed by atoms with Crippen LogP contribution in [0.1, 0.15) is 19.2 Å². The smallest absolute Gasteiger partial charge is 0.135 e. The number of nitrogens with zero attached hydrogens (tertiary/aromatic N) is 2. The van der Waals surface area contributed by atoms with E-state index in [2.05, 4.69) is 41.2 Å². The second-order valence-corrected chi connectivity index (χ2v) is 4.49. The molecule has 3 aromatic rings. The number of aryl methyl sites for hydroxylation is 1. The molecule has 0 aliphatic carbocycles. The highest BCUT2D eigenvalue weighted by Gasteiger charge is 2.06. The van der Waals surface area contributed by atoms with Crippen LogP contribution in [-0.4, -0.2) is 9.97 Å². The Morgan fingerprint density at radius 2 is 1.78 bits per heavy atom. The van der Waals surface area contributed by atoms with Crippen LogP contribution in [0.15, 0.2) is 36.4 Å². The number of nitrogen functional groups attached to an aromatic ring is 1. The molecular formula is C15H15N3. The van der Waals surface area contributed by atoms with Crippen molar-refractivity contribution >= 4 is 27.5 Å². The quantitative estimate of drug-likeness (QED) is 0.695. The van der Waals surface area contributed by atoms with E-state index in [0.29, 0.717) is 5.82 Å². The standard InChI is InChI=1S/C15H15N3/c1-2-5-14-17-13-9-11-7-4-3-6-10(11)8-12(13)15(16)18-14/h3-4,6-9H,2,5H2,1H3,(H2,16,17,18). The summed E-state index contributed by atoms with van der Waals surface area (Å²) >= 11 is 0. The molecule has 3 nitrogen and oxygen atoms in total. The van der Waals surface area contributed by atoms with Crippen molar-refractivity contribution < 1.29 is 0 Å². The molecule has 1 heterocycles. The van der Waals surface area contributed by atoms with Crippen molar-refractivity contribution in [1.29, 1.82) is 0 Å². The van der Waals surface area contributed by atoms with Crippen LogP contribution in [0.3, 0.4) is 0 Å². The van der Waals surface area contributed by atoms with Crippen LogP contribution in [0, 0.1) is 0 Å². The van der Waals surface area contributed by atoms with E-state index in [9.17, 15) is 0 Å². The largest absolute Gasteiger partial charge is 0.383 e. The summed E-state index contributed by atoms with van der Waals surface area (Å²) in [6, 6.07) is 12.4. The first kappa shape index (κ1) is 11.0. The van der Waals surface area contributed by atoms with E-state index in [4.69, 9.17) is 5.73 Å². The summed E-state index contributed by atoms with van der Waals surface area (Å²) in [5, 5.41) is 3.29. The van der Waals surface area contributed by atoms with Crippen molar-refractivity contribution in [3.63, 3.8) is 0 Å². The molecular weight excluding hydrogens is 222 g/mol. The van der Waals surface area contributed by atoms with Crippen LogP contribution >= 0.6 is 0 Å². The van der Waals surface area contributed by atoms with Gasteiger partial charge in [0.05, 0.1) is 5.52 Å². The number of aromatic nitrogens is 2. The van der Waals surface area contributed by atoms with Gasteiger partial charge in [-0.05, 0) is 29.3 Å². The van der Waals surface area contributed by atoms with Gasteiger partial charge in [-0.1, -0.05) is 31.2 Å². The fourth-order valence-corrected chi connectivity index (χ4v) is 2.22. The molecule has 0 saturated carbocycles. The molecule has 0 aliphatic rings. The highest BCUT2D eigenvalue weighted by atomic mass is 14.9. The second kappa shape index (κ2) is 4.26. The fourth-order valence-electron chi connectivity index (χ4n) is 2.22. The molecule has 0 bridgehead atoms. The third kappa shape index (κ3) is 1.78. The van der Waals surface area contributed by atoms with E-state index < -0.39 is 0 Å². The molecule has 0 radical (unpaired) electrons. The first-order valence-electron chi connectivity index (χ1n) is 6.23. The van der Waals surface area contributed by atoms with E-state index in [1.807, 2.05) is 12.1 Å². The zero-order valence-corrected chi connectivity index (χ0v) is 10.4. The monoisotopic (exact) mass is 237 g/mol. The molecule has 0 spiro atoms. The van der Waals surface area contributed by atoms with Crippen molar-refractivity contribution in [2.75, 3.05) is 5.73 Å². The molecule has 0 unspecified atom stereocenters. The lowest BCUT2D eigenvalue weighted by atomic mass is 10.1. The second-order valence-electron chi connectivity index (χ2n) is 4.49. The summed E-state index contributed by atoms with van der Waals surface area (Å²) in [4.78, 5) is 8.95. The van der Waals surface area contributed by atoms with Crippen LogP contribution < -0.4 is 5.73 Å². The van der Waals surface area contributed by atoms with Gasteiger partial charge in [0.25, 0.3) is 0 Å². The third-order valence-corrected chi connectivity index (χ3v) is 3.11. The highest BCUT2D eigenvalue weighted by Crippen LogP contribution is 2.24. The molecule has 3 heteroatoms.